The summed E-state index contributed by atoms with van der Waals surface area (Å²) >= 11 is 0. The molecule has 124 valence electrons. The standard InChI is InChI=1S/C18H17NO5/c1-3-24-18(22)14-5-4-6-15(11-14)19-16(20)12-7-9-13(10-8-12)17(21)23-2/h4-11H,3H2,1-2H3,(H,19,20). The van der Waals surface area contributed by atoms with Crippen molar-refractivity contribution in [3.8, 4) is 0 Å². The molecule has 1 N–H and O–H groups in total. The lowest BCUT2D eigenvalue weighted by Crippen LogP contribution is -2.13. The minimum Gasteiger partial charge on any atom is -0.465 e. The van der Waals surface area contributed by atoms with Crippen LogP contribution in [0.3, 0.4) is 0 Å². The quantitative estimate of drug-likeness (QED) is 0.854. The van der Waals surface area contributed by atoms with Crippen molar-refractivity contribution in [2.24, 2.45) is 0 Å². The molecule has 0 bridgehead atoms. The van der Waals surface area contributed by atoms with Gasteiger partial charge in [0.15, 0.2) is 0 Å². The van der Waals surface area contributed by atoms with Crippen LogP contribution in [0.2, 0.25) is 0 Å². The summed E-state index contributed by atoms with van der Waals surface area (Å²) in [6.07, 6.45) is 0. The minimum absolute atomic E-state index is 0.280. The molecule has 0 unspecified atom stereocenters. The van der Waals surface area contributed by atoms with Crippen molar-refractivity contribution in [3.05, 3.63) is 65.2 Å². The third-order valence-corrected chi connectivity index (χ3v) is 3.20. The Morgan fingerprint density at radius 2 is 1.58 bits per heavy atom. The minimum atomic E-state index is -0.468. The molecule has 6 nitrogen and oxygen atoms in total. The molecule has 0 atom stereocenters. The molecule has 6 heteroatoms. The zero-order valence-corrected chi connectivity index (χ0v) is 13.4. The molecule has 24 heavy (non-hydrogen) atoms. The number of hydrogen-bond donors (Lipinski definition) is 1. The van der Waals surface area contributed by atoms with E-state index in [1.165, 1.54) is 31.4 Å². The van der Waals surface area contributed by atoms with E-state index >= 15 is 0 Å². The highest BCUT2D eigenvalue weighted by atomic mass is 16.5. The van der Waals surface area contributed by atoms with Crippen LogP contribution in [0.5, 0.6) is 0 Å². The Morgan fingerprint density at radius 3 is 2.21 bits per heavy atom. The fourth-order valence-electron chi connectivity index (χ4n) is 2.02. The third kappa shape index (κ3) is 4.19. The van der Waals surface area contributed by atoms with Crippen LogP contribution in [-0.2, 0) is 9.47 Å². The summed E-state index contributed by atoms with van der Waals surface area (Å²) in [4.78, 5) is 35.3. The maximum Gasteiger partial charge on any atom is 0.338 e. The molecule has 2 aromatic carbocycles. The number of nitrogens with one attached hydrogen (secondary N) is 1. The summed E-state index contributed by atoms with van der Waals surface area (Å²) < 4.78 is 9.53. The molecule has 0 spiro atoms. The van der Waals surface area contributed by atoms with Crippen LogP contribution in [0.1, 0.15) is 38.0 Å². The van der Waals surface area contributed by atoms with Gasteiger partial charge in [-0.05, 0) is 49.4 Å². The third-order valence-electron chi connectivity index (χ3n) is 3.20. The first-order valence-corrected chi connectivity index (χ1v) is 7.32. The number of hydrogen-bond acceptors (Lipinski definition) is 5. The van der Waals surface area contributed by atoms with Gasteiger partial charge in [-0.15, -0.1) is 0 Å². The number of carbonyl (C=O) groups excluding carboxylic acids is 3. The summed E-state index contributed by atoms with van der Waals surface area (Å²) in [6.45, 7) is 2.00. The van der Waals surface area contributed by atoms with Gasteiger partial charge in [0.25, 0.3) is 5.91 Å². The predicted octanol–water partition coefficient (Wildman–Crippen LogP) is 2.90. The Labute approximate surface area is 139 Å². The van der Waals surface area contributed by atoms with Crippen LogP contribution < -0.4 is 5.32 Å². The van der Waals surface area contributed by atoms with E-state index in [-0.39, 0.29) is 12.5 Å². The maximum atomic E-state index is 12.2. The van der Waals surface area contributed by atoms with Crippen molar-refractivity contribution < 1.29 is 23.9 Å². The van der Waals surface area contributed by atoms with Crippen molar-refractivity contribution >= 4 is 23.5 Å². The largest absolute Gasteiger partial charge is 0.465 e. The first kappa shape index (κ1) is 17.2. The SMILES string of the molecule is CCOC(=O)c1cccc(NC(=O)c2ccc(C(=O)OC)cc2)c1. The fourth-order valence-corrected chi connectivity index (χ4v) is 2.02. The van der Waals surface area contributed by atoms with E-state index in [4.69, 9.17) is 4.74 Å². The molecule has 0 aliphatic heterocycles. The first-order chi connectivity index (χ1) is 11.5. The molecular formula is C18H17NO5. The van der Waals surface area contributed by atoms with Crippen molar-refractivity contribution in [3.63, 3.8) is 0 Å². The number of carbonyl (C=O) groups is 3. The smallest absolute Gasteiger partial charge is 0.338 e. The van der Waals surface area contributed by atoms with Crippen LogP contribution in [0.25, 0.3) is 0 Å². The second-order valence-corrected chi connectivity index (χ2v) is 4.82. The molecule has 0 aliphatic rings. The van der Waals surface area contributed by atoms with Gasteiger partial charge < -0.3 is 14.8 Å². The Kier molecular flexibility index (Phi) is 5.68. The monoisotopic (exact) mass is 327 g/mol. The van der Waals surface area contributed by atoms with Crippen molar-refractivity contribution in [1.82, 2.24) is 0 Å². The lowest BCUT2D eigenvalue weighted by atomic mass is 10.1. The summed E-state index contributed by atoms with van der Waals surface area (Å²) in [5.41, 5.74) is 1.57. The van der Waals surface area contributed by atoms with Gasteiger partial charge in [0.2, 0.25) is 0 Å². The zero-order chi connectivity index (χ0) is 17.5. The number of benzene rings is 2. The average molecular weight is 327 g/mol. The van der Waals surface area contributed by atoms with Crippen molar-refractivity contribution in [2.45, 2.75) is 6.92 Å². The van der Waals surface area contributed by atoms with Crippen LogP contribution >= 0.6 is 0 Å². The summed E-state index contributed by atoms with van der Waals surface area (Å²) in [6, 6.07) is 12.5. The molecular weight excluding hydrogens is 310 g/mol. The van der Waals surface area contributed by atoms with Gasteiger partial charge in [0.05, 0.1) is 24.8 Å². The Hall–Kier alpha value is -3.15. The number of anilines is 1. The van der Waals surface area contributed by atoms with Gasteiger partial charge in [-0.25, -0.2) is 9.59 Å². The lowest BCUT2D eigenvalue weighted by molar-refractivity contribution is 0.0525. The van der Waals surface area contributed by atoms with Gasteiger partial charge in [0.1, 0.15) is 0 Å². The zero-order valence-electron chi connectivity index (χ0n) is 13.4. The second-order valence-electron chi connectivity index (χ2n) is 4.82. The molecule has 0 fully saturated rings. The van der Waals surface area contributed by atoms with E-state index in [2.05, 4.69) is 10.1 Å². The van der Waals surface area contributed by atoms with E-state index in [9.17, 15) is 14.4 Å². The van der Waals surface area contributed by atoms with E-state index < -0.39 is 11.9 Å². The molecule has 0 aromatic heterocycles. The Morgan fingerprint density at radius 1 is 0.917 bits per heavy atom. The molecule has 0 saturated carbocycles. The van der Waals surface area contributed by atoms with Crippen LogP contribution in [-0.4, -0.2) is 31.6 Å². The van der Waals surface area contributed by atoms with Gasteiger partial charge in [-0.3, -0.25) is 4.79 Å². The highest BCUT2D eigenvalue weighted by Gasteiger charge is 2.11. The topological polar surface area (TPSA) is 81.7 Å². The summed E-state index contributed by atoms with van der Waals surface area (Å²) in [7, 11) is 1.29. The van der Waals surface area contributed by atoms with Crippen LogP contribution in [0.4, 0.5) is 5.69 Å². The van der Waals surface area contributed by atoms with Gasteiger partial charge >= 0.3 is 11.9 Å². The van der Waals surface area contributed by atoms with Gasteiger partial charge in [0, 0.05) is 11.3 Å². The predicted molar refractivity (Wildman–Crippen MR) is 88.1 cm³/mol. The number of amides is 1. The average Bonchev–Trinajstić information content (AvgIpc) is 2.61. The number of rotatable bonds is 5. The second kappa shape index (κ2) is 7.92. The van der Waals surface area contributed by atoms with E-state index in [1.807, 2.05) is 0 Å². The number of esters is 2. The normalized spacial score (nSPS) is 9.92. The molecule has 0 aliphatic carbocycles. The lowest BCUT2D eigenvalue weighted by Gasteiger charge is -2.08. The Balaban J connectivity index is 2.10. The highest BCUT2D eigenvalue weighted by molar-refractivity contribution is 6.05. The molecule has 1 amide bonds. The fraction of sp³-hybridized carbons (Fsp3) is 0.167. The molecule has 0 saturated heterocycles. The first-order valence-electron chi connectivity index (χ1n) is 7.32. The molecule has 2 aromatic rings. The van der Waals surface area contributed by atoms with E-state index in [0.29, 0.717) is 22.4 Å². The maximum absolute atomic E-state index is 12.2. The van der Waals surface area contributed by atoms with E-state index in [1.54, 1.807) is 31.2 Å². The summed E-state index contributed by atoms with van der Waals surface area (Å²) in [5, 5.41) is 2.70. The van der Waals surface area contributed by atoms with Gasteiger partial charge in [-0.1, -0.05) is 6.07 Å². The molecule has 0 radical (unpaired) electrons. The van der Waals surface area contributed by atoms with Gasteiger partial charge in [-0.2, -0.15) is 0 Å². The molecule has 2 rings (SSSR count). The van der Waals surface area contributed by atoms with Crippen molar-refractivity contribution in [1.29, 1.82) is 0 Å². The van der Waals surface area contributed by atoms with Crippen molar-refractivity contribution in [2.75, 3.05) is 19.0 Å². The number of ether oxygens (including phenoxy) is 2. The molecule has 0 heterocycles. The number of methoxy groups -OCH3 is 1. The Bertz CT molecular complexity index is 752. The highest BCUT2D eigenvalue weighted by Crippen LogP contribution is 2.14. The van der Waals surface area contributed by atoms with Crippen LogP contribution in [0, 0.1) is 0 Å². The van der Waals surface area contributed by atoms with Crippen LogP contribution in [0.15, 0.2) is 48.5 Å². The van der Waals surface area contributed by atoms with E-state index in [0.717, 1.165) is 0 Å². The summed E-state index contributed by atoms with van der Waals surface area (Å²) in [5.74, 6) is -1.27.